The third-order valence-corrected chi connectivity index (χ3v) is 5.46. The van der Waals surface area contributed by atoms with E-state index in [0.29, 0.717) is 15.7 Å². The van der Waals surface area contributed by atoms with E-state index >= 15 is 0 Å². The zero-order valence-corrected chi connectivity index (χ0v) is 15.3. The van der Waals surface area contributed by atoms with Crippen molar-refractivity contribution >= 4 is 34.1 Å². The molecule has 3 rings (SSSR count). The zero-order chi connectivity index (χ0) is 17.1. The molecule has 0 spiro atoms. The van der Waals surface area contributed by atoms with Crippen molar-refractivity contribution in [2.45, 2.75) is 30.7 Å². The van der Waals surface area contributed by atoms with E-state index in [1.54, 1.807) is 18.3 Å². The lowest BCUT2D eigenvalue weighted by Gasteiger charge is -2.10. The summed E-state index contributed by atoms with van der Waals surface area (Å²) in [5.74, 6) is -0.190. The maximum atomic E-state index is 12.6. The Morgan fingerprint density at radius 2 is 2.04 bits per heavy atom. The summed E-state index contributed by atoms with van der Waals surface area (Å²) in [5.41, 5.74) is 3.80. The monoisotopic (exact) mass is 355 g/mol. The lowest BCUT2D eigenvalue weighted by molar-refractivity contribution is 0.102. The number of nitrogens with one attached hydrogen (secondary N) is 1. The van der Waals surface area contributed by atoms with E-state index in [4.69, 9.17) is 0 Å². The highest BCUT2D eigenvalue weighted by atomic mass is 32.2. The first-order valence-corrected chi connectivity index (χ1v) is 9.16. The molecule has 0 saturated carbocycles. The van der Waals surface area contributed by atoms with Crippen LogP contribution < -0.4 is 5.32 Å². The molecular weight excluding hydrogens is 338 g/mol. The standard InChI is InChI=1S/C18H17N3OS2/c1-11-6-7-12(2)15(9-11)24-17-14(5-4-8-19-17)16(22)21-18-20-13(3)10-23-18/h4-10H,1-3H3,(H,20,21,22). The second-order valence-corrected chi connectivity index (χ2v) is 7.36. The normalized spacial score (nSPS) is 10.6. The average Bonchev–Trinajstić information content (AvgIpc) is 2.96. The first-order chi connectivity index (χ1) is 11.5. The molecule has 0 aliphatic heterocycles. The summed E-state index contributed by atoms with van der Waals surface area (Å²) >= 11 is 2.93. The Balaban J connectivity index is 1.87. The molecule has 0 fully saturated rings. The van der Waals surface area contributed by atoms with Crippen molar-refractivity contribution in [3.8, 4) is 0 Å². The largest absolute Gasteiger partial charge is 0.298 e. The Morgan fingerprint density at radius 1 is 1.21 bits per heavy atom. The molecule has 1 aromatic carbocycles. The van der Waals surface area contributed by atoms with Crippen LogP contribution in [-0.2, 0) is 0 Å². The highest BCUT2D eigenvalue weighted by Crippen LogP contribution is 2.32. The number of anilines is 1. The van der Waals surface area contributed by atoms with Crippen LogP contribution in [0, 0.1) is 20.8 Å². The average molecular weight is 355 g/mol. The Morgan fingerprint density at radius 3 is 2.79 bits per heavy atom. The van der Waals surface area contributed by atoms with Gasteiger partial charge in [-0.1, -0.05) is 23.9 Å². The van der Waals surface area contributed by atoms with Gasteiger partial charge >= 0.3 is 0 Å². The van der Waals surface area contributed by atoms with Gasteiger partial charge < -0.3 is 0 Å². The molecule has 0 atom stereocenters. The summed E-state index contributed by atoms with van der Waals surface area (Å²) in [6.07, 6.45) is 1.71. The van der Waals surface area contributed by atoms with Crippen molar-refractivity contribution in [2.24, 2.45) is 0 Å². The summed E-state index contributed by atoms with van der Waals surface area (Å²) in [7, 11) is 0. The van der Waals surface area contributed by atoms with Crippen LogP contribution in [0.25, 0.3) is 0 Å². The minimum atomic E-state index is -0.190. The maximum absolute atomic E-state index is 12.6. The van der Waals surface area contributed by atoms with E-state index in [0.717, 1.165) is 16.2 Å². The van der Waals surface area contributed by atoms with Gasteiger partial charge in [0.25, 0.3) is 5.91 Å². The Hall–Kier alpha value is -2.18. The van der Waals surface area contributed by atoms with Gasteiger partial charge in [0.2, 0.25) is 0 Å². The number of amides is 1. The number of carbonyl (C=O) groups excluding carboxylic acids is 1. The predicted molar refractivity (Wildman–Crippen MR) is 99.1 cm³/mol. The van der Waals surface area contributed by atoms with E-state index in [1.165, 1.54) is 28.7 Å². The van der Waals surface area contributed by atoms with Crippen LogP contribution >= 0.6 is 23.1 Å². The molecule has 3 aromatic rings. The molecule has 122 valence electrons. The fourth-order valence-corrected chi connectivity index (χ4v) is 3.89. The first-order valence-electron chi connectivity index (χ1n) is 7.46. The van der Waals surface area contributed by atoms with Crippen molar-refractivity contribution in [3.05, 3.63) is 64.3 Å². The Kier molecular flexibility index (Phi) is 4.97. The van der Waals surface area contributed by atoms with Crippen molar-refractivity contribution in [1.29, 1.82) is 0 Å². The summed E-state index contributed by atoms with van der Waals surface area (Å²) in [4.78, 5) is 22.4. The topological polar surface area (TPSA) is 54.9 Å². The fraction of sp³-hybridized carbons (Fsp3) is 0.167. The van der Waals surface area contributed by atoms with E-state index in [9.17, 15) is 4.79 Å². The molecule has 24 heavy (non-hydrogen) atoms. The maximum Gasteiger partial charge on any atom is 0.260 e. The van der Waals surface area contributed by atoms with E-state index in [2.05, 4.69) is 47.3 Å². The van der Waals surface area contributed by atoms with Crippen LogP contribution in [-0.4, -0.2) is 15.9 Å². The second-order valence-electron chi connectivity index (χ2n) is 5.48. The molecule has 6 heteroatoms. The van der Waals surface area contributed by atoms with Crippen LogP contribution in [0.4, 0.5) is 5.13 Å². The predicted octanol–water partition coefficient (Wildman–Crippen LogP) is 4.87. The highest BCUT2D eigenvalue weighted by Gasteiger charge is 2.15. The van der Waals surface area contributed by atoms with Crippen LogP contribution in [0.2, 0.25) is 0 Å². The smallest absolute Gasteiger partial charge is 0.260 e. The molecule has 1 N–H and O–H groups in total. The number of pyridine rings is 1. The number of hydrogen-bond donors (Lipinski definition) is 1. The SMILES string of the molecule is Cc1ccc(C)c(Sc2ncccc2C(=O)Nc2nc(C)cs2)c1. The molecule has 0 aliphatic rings. The number of aromatic nitrogens is 2. The second kappa shape index (κ2) is 7.15. The summed E-state index contributed by atoms with van der Waals surface area (Å²) in [6.45, 7) is 6.02. The van der Waals surface area contributed by atoms with Crippen molar-refractivity contribution in [1.82, 2.24) is 9.97 Å². The molecule has 0 saturated heterocycles. The molecule has 0 radical (unpaired) electrons. The third-order valence-electron chi connectivity index (χ3n) is 3.41. The number of aryl methyl sites for hydroxylation is 3. The van der Waals surface area contributed by atoms with Gasteiger partial charge in [0.05, 0.1) is 11.3 Å². The van der Waals surface area contributed by atoms with Gasteiger partial charge in [0.1, 0.15) is 5.03 Å². The first kappa shape index (κ1) is 16.7. The number of thiazole rings is 1. The molecule has 2 heterocycles. The molecular formula is C18H17N3OS2. The molecule has 4 nitrogen and oxygen atoms in total. The summed E-state index contributed by atoms with van der Waals surface area (Å²) in [6, 6.07) is 9.83. The third kappa shape index (κ3) is 3.83. The van der Waals surface area contributed by atoms with Crippen LogP contribution in [0.1, 0.15) is 27.2 Å². The number of hydrogen-bond acceptors (Lipinski definition) is 5. The molecule has 1 amide bonds. The minimum Gasteiger partial charge on any atom is -0.298 e. The summed E-state index contributed by atoms with van der Waals surface area (Å²) in [5, 5.41) is 6.05. The summed E-state index contributed by atoms with van der Waals surface area (Å²) < 4.78 is 0. The fourth-order valence-electron chi connectivity index (χ4n) is 2.14. The Labute approximate surface area is 149 Å². The van der Waals surface area contributed by atoms with Crippen molar-refractivity contribution in [2.75, 3.05) is 5.32 Å². The van der Waals surface area contributed by atoms with E-state index < -0.39 is 0 Å². The van der Waals surface area contributed by atoms with Gasteiger partial charge in [-0.05, 0) is 50.1 Å². The Bertz CT molecular complexity index is 889. The van der Waals surface area contributed by atoms with Gasteiger partial charge in [-0.25, -0.2) is 9.97 Å². The van der Waals surface area contributed by atoms with Crippen molar-refractivity contribution < 1.29 is 4.79 Å². The number of benzene rings is 1. The number of carbonyl (C=O) groups is 1. The minimum absolute atomic E-state index is 0.190. The van der Waals surface area contributed by atoms with Gasteiger partial charge in [-0.2, -0.15) is 0 Å². The molecule has 0 bridgehead atoms. The lowest BCUT2D eigenvalue weighted by atomic mass is 10.2. The lowest BCUT2D eigenvalue weighted by Crippen LogP contribution is -2.13. The van der Waals surface area contributed by atoms with Gasteiger partial charge in [0, 0.05) is 16.5 Å². The van der Waals surface area contributed by atoms with E-state index in [-0.39, 0.29) is 5.91 Å². The van der Waals surface area contributed by atoms with Crippen molar-refractivity contribution in [3.63, 3.8) is 0 Å². The van der Waals surface area contributed by atoms with Gasteiger partial charge in [0.15, 0.2) is 5.13 Å². The zero-order valence-electron chi connectivity index (χ0n) is 13.7. The number of rotatable bonds is 4. The van der Waals surface area contributed by atoms with Gasteiger partial charge in [-0.3, -0.25) is 10.1 Å². The molecule has 2 aromatic heterocycles. The molecule has 0 unspecified atom stereocenters. The quantitative estimate of drug-likeness (QED) is 0.725. The molecule has 0 aliphatic carbocycles. The number of nitrogens with zero attached hydrogens (tertiary/aromatic N) is 2. The van der Waals surface area contributed by atoms with Gasteiger partial charge in [-0.15, -0.1) is 11.3 Å². The van der Waals surface area contributed by atoms with Crippen LogP contribution in [0.3, 0.4) is 0 Å². The van der Waals surface area contributed by atoms with Crippen LogP contribution in [0.15, 0.2) is 51.8 Å². The van der Waals surface area contributed by atoms with Crippen LogP contribution in [0.5, 0.6) is 0 Å². The highest BCUT2D eigenvalue weighted by molar-refractivity contribution is 7.99. The van der Waals surface area contributed by atoms with E-state index in [1.807, 2.05) is 12.3 Å².